The first kappa shape index (κ1) is 16.8. The van der Waals surface area contributed by atoms with Gasteiger partial charge in [-0.15, -0.1) is 0 Å². The van der Waals surface area contributed by atoms with Gasteiger partial charge in [-0.05, 0) is 42.0 Å². The lowest BCUT2D eigenvalue weighted by molar-refractivity contribution is 0.306. The number of aromatic nitrogens is 3. The van der Waals surface area contributed by atoms with Crippen molar-refractivity contribution in [2.24, 2.45) is 0 Å². The summed E-state index contributed by atoms with van der Waals surface area (Å²) < 4.78 is 7.97. The van der Waals surface area contributed by atoms with Crippen LogP contribution < -0.4 is 10.2 Å². The Kier molecular flexibility index (Phi) is 5.40. The Morgan fingerprint density at radius 3 is 2.62 bits per heavy atom. The Bertz CT molecular complexity index is 873. The fraction of sp³-hybridized carbons (Fsp3) is 0.125. The first-order chi connectivity index (χ1) is 11.6. The average Bonchev–Trinajstić information content (AvgIpc) is 2.98. The van der Waals surface area contributed by atoms with Crippen molar-refractivity contribution in [1.82, 2.24) is 14.9 Å². The fourth-order valence-electron chi connectivity index (χ4n) is 2.11. The molecule has 5 nitrogen and oxygen atoms in total. The second-order valence-electron chi connectivity index (χ2n) is 5.00. The first-order valence-corrected chi connectivity index (χ1v) is 8.30. The van der Waals surface area contributed by atoms with Crippen molar-refractivity contribution in [1.29, 1.82) is 0 Å². The topological polar surface area (TPSA) is 54.9 Å². The van der Waals surface area contributed by atoms with Crippen molar-refractivity contribution in [2.45, 2.75) is 13.2 Å². The van der Waals surface area contributed by atoms with E-state index >= 15 is 0 Å². The minimum Gasteiger partial charge on any atom is -0.489 e. The number of rotatable bonds is 6. The van der Waals surface area contributed by atoms with Gasteiger partial charge in [-0.3, -0.25) is 5.10 Å². The quantitative estimate of drug-likeness (QED) is 0.615. The molecule has 3 aromatic rings. The normalized spacial score (nSPS) is 10.6. The Labute approximate surface area is 154 Å². The summed E-state index contributed by atoms with van der Waals surface area (Å²) >= 11 is 17.4. The number of benzene rings is 2. The first-order valence-electron chi connectivity index (χ1n) is 7.14. The van der Waals surface area contributed by atoms with E-state index in [4.69, 9.17) is 40.2 Å². The second-order valence-corrected chi connectivity index (χ2v) is 6.20. The molecule has 124 valence electrons. The lowest BCUT2D eigenvalue weighted by Gasteiger charge is -2.11. The molecule has 0 unspecified atom stereocenters. The average molecular weight is 381 g/mol. The van der Waals surface area contributed by atoms with Crippen LogP contribution >= 0.6 is 35.4 Å². The summed E-state index contributed by atoms with van der Waals surface area (Å²) in [5.74, 6) is 0.737. The predicted molar refractivity (Wildman–Crippen MR) is 97.7 cm³/mol. The zero-order valence-electron chi connectivity index (χ0n) is 12.5. The summed E-state index contributed by atoms with van der Waals surface area (Å²) in [6, 6.07) is 13.1. The van der Waals surface area contributed by atoms with E-state index in [0.29, 0.717) is 28.0 Å². The van der Waals surface area contributed by atoms with Crippen molar-refractivity contribution in [2.75, 3.05) is 5.43 Å². The minimum atomic E-state index is 0.308. The standard InChI is InChI=1S/C16H14Cl2N4OS/c17-14-5-2-6-15(18)13(14)9-23-12-4-1-3-11(7-12)8-20-22-10-19-21-16(22)24/h1-7,10,20H,8-9H2,(H,21,24). The van der Waals surface area contributed by atoms with Gasteiger partial charge in [0.25, 0.3) is 0 Å². The minimum absolute atomic E-state index is 0.308. The number of aromatic amines is 1. The monoisotopic (exact) mass is 380 g/mol. The third kappa shape index (κ3) is 4.08. The molecular weight excluding hydrogens is 367 g/mol. The molecule has 0 bridgehead atoms. The zero-order chi connectivity index (χ0) is 16.9. The van der Waals surface area contributed by atoms with Crippen LogP contribution in [0.5, 0.6) is 5.75 Å². The van der Waals surface area contributed by atoms with Gasteiger partial charge in [-0.2, -0.15) is 5.10 Å². The third-order valence-corrected chi connectivity index (χ3v) is 4.35. The lowest BCUT2D eigenvalue weighted by atomic mass is 10.2. The molecule has 3 rings (SSSR count). The Morgan fingerprint density at radius 2 is 1.92 bits per heavy atom. The lowest BCUT2D eigenvalue weighted by Crippen LogP contribution is -2.13. The van der Waals surface area contributed by atoms with Gasteiger partial charge < -0.3 is 10.2 Å². The highest BCUT2D eigenvalue weighted by atomic mass is 35.5. The Morgan fingerprint density at radius 1 is 1.17 bits per heavy atom. The summed E-state index contributed by atoms with van der Waals surface area (Å²) in [4.78, 5) is 0. The van der Waals surface area contributed by atoms with E-state index in [9.17, 15) is 0 Å². The maximum absolute atomic E-state index is 6.15. The maximum atomic E-state index is 6.15. The van der Waals surface area contributed by atoms with E-state index in [1.807, 2.05) is 24.3 Å². The van der Waals surface area contributed by atoms with E-state index in [1.54, 1.807) is 29.2 Å². The van der Waals surface area contributed by atoms with E-state index < -0.39 is 0 Å². The van der Waals surface area contributed by atoms with Crippen LogP contribution in [0.2, 0.25) is 10.0 Å². The van der Waals surface area contributed by atoms with Gasteiger partial charge in [0.2, 0.25) is 4.77 Å². The van der Waals surface area contributed by atoms with Crippen LogP contribution in [0, 0.1) is 4.77 Å². The number of nitrogens with zero attached hydrogens (tertiary/aromatic N) is 2. The number of hydrogen-bond donors (Lipinski definition) is 2. The zero-order valence-corrected chi connectivity index (χ0v) is 14.8. The van der Waals surface area contributed by atoms with Gasteiger partial charge in [-0.25, -0.2) is 4.68 Å². The number of H-pyrrole nitrogens is 1. The molecule has 0 amide bonds. The largest absolute Gasteiger partial charge is 0.489 e. The van der Waals surface area contributed by atoms with Crippen molar-refractivity contribution in [3.63, 3.8) is 0 Å². The second kappa shape index (κ2) is 7.70. The molecule has 0 aliphatic carbocycles. The van der Waals surface area contributed by atoms with Crippen LogP contribution in [0.4, 0.5) is 0 Å². The number of hydrogen-bond acceptors (Lipinski definition) is 4. The van der Waals surface area contributed by atoms with Crippen molar-refractivity contribution in [3.8, 4) is 5.75 Å². The van der Waals surface area contributed by atoms with Crippen molar-refractivity contribution < 1.29 is 4.74 Å². The van der Waals surface area contributed by atoms with Gasteiger partial charge in [0.1, 0.15) is 18.7 Å². The van der Waals surface area contributed by atoms with Crippen LogP contribution in [0.15, 0.2) is 48.8 Å². The molecule has 0 saturated carbocycles. The molecule has 0 spiro atoms. The highest BCUT2D eigenvalue weighted by Gasteiger charge is 2.06. The van der Waals surface area contributed by atoms with Gasteiger partial charge in [0.05, 0.1) is 6.54 Å². The van der Waals surface area contributed by atoms with Crippen molar-refractivity contribution in [3.05, 3.63) is 74.7 Å². The van der Waals surface area contributed by atoms with Crippen LogP contribution in [-0.2, 0) is 13.2 Å². The van der Waals surface area contributed by atoms with Gasteiger partial charge >= 0.3 is 0 Å². The van der Waals surface area contributed by atoms with Crippen LogP contribution in [0.25, 0.3) is 0 Å². The molecule has 0 saturated heterocycles. The molecule has 2 aromatic carbocycles. The molecule has 2 N–H and O–H groups in total. The number of halogens is 2. The SMILES string of the molecule is S=c1[nH]ncn1NCc1cccc(OCc2c(Cl)cccc2Cl)c1. The molecular formula is C16H14Cl2N4OS. The summed E-state index contributed by atoms with van der Waals surface area (Å²) in [7, 11) is 0. The number of ether oxygens (including phenoxy) is 1. The highest BCUT2D eigenvalue weighted by molar-refractivity contribution is 7.71. The molecule has 0 fully saturated rings. The summed E-state index contributed by atoms with van der Waals surface area (Å²) in [5.41, 5.74) is 4.96. The smallest absolute Gasteiger partial charge is 0.214 e. The van der Waals surface area contributed by atoms with Gasteiger partial charge in [-0.1, -0.05) is 41.4 Å². The third-order valence-electron chi connectivity index (χ3n) is 3.35. The van der Waals surface area contributed by atoms with Gasteiger partial charge in [0.15, 0.2) is 0 Å². The summed E-state index contributed by atoms with van der Waals surface area (Å²) in [6.45, 7) is 0.889. The van der Waals surface area contributed by atoms with E-state index in [1.165, 1.54) is 0 Å². The van der Waals surface area contributed by atoms with E-state index in [0.717, 1.165) is 16.9 Å². The van der Waals surface area contributed by atoms with E-state index in [-0.39, 0.29) is 0 Å². The van der Waals surface area contributed by atoms with Crippen LogP contribution in [-0.4, -0.2) is 14.9 Å². The van der Waals surface area contributed by atoms with E-state index in [2.05, 4.69) is 15.6 Å². The van der Waals surface area contributed by atoms with Crippen molar-refractivity contribution >= 4 is 35.4 Å². The number of nitrogens with one attached hydrogen (secondary N) is 2. The summed E-state index contributed by atoms with van der Waals surface area (Å²) in [6.07, 6.45) is 1.59. The maximum Gasteiger partial charge on any atom is 0.214 e. The molecule has 1 heterocycles. The van der Waals surface area contributed by atoms with Gasteiger partial charge in [0, 0.05) is 15.6 Å². The highest BCUT2D eigenvalue weighted by Crippen LogP contribution is 2.26. The fourth-order valence-corrected chi connectivity index (χ4v) is 2.78. The molecule has 0 aliphatic heterocycles. The van der Waals surface area contributed by atoms with Crippen LogP contribution in [0.1, 0.15) is 11.1 Å². The molecule has 24 heavy (non-hydrogen) atoms. The molecule has 0 aliphatic rings. The predicted octanol–water partition coefficient (Wildman–Crippen LogP) is 4.57. The molecule has 1 aromatic heterocycles. The summed E-state index contributed by atoms with van der Waals surface area (Å²) in [5, 5.41) is 7.72. The molecule has 8 heteroatoms. The molecule has 0 radical (unpaired) electrons. The van der Waals surface area contributed by atoms with Crippen LogP contribution in [0.3, 0.4) is 0 Å². The Balaban J connectivity index is 1.65. The Hall–Kier alpha value is -2.02. The molecule has 0 atom stereocenters.